The predicted molar refractivity (Wildman–Crippen MR) is 88.2 cm³/mol. The molecule has 0 aliphatic carbocycles. The zero-order chi connectivity index (χ0) is 15.5. The van der Waals surface area contributed by atoms with Gasteiger partial charge >= 0.3 is 0 Å². The van der Waals surface area contributed by atoms with Crippen molar-refractivity contribution in [2.75, 3.05) is 6.54 Å². The molecular formula is C17H23FN2S. The van der Waals surface area contributed by atoms with Gasteiger partial charge in [0.25, 0.3) is 0 Å². The van der Waals surface area contributed by atoms with Crippen LogP contribution in [-0.4, -0.2) is 11.5 Å². The monoisotopic (exact) mass is 306 g/mol. The summed E-state index contributed by atoms with van der Waals surface area (Å²) in [5.74, 6) is -0.209. The van der Waals surface area contributed by atoms with Gasteiger partial charge in [-0.15, -0.1) is 11.3 Å². The van der Waals surface area contributed by atoms with Crippen molar-refractivity contribution in [1.29, 1.82) is 0 Å². The van der Waals surface area contributed by atoms with Crippen LogP contribution in [0.25, 0.3) is 10.6 Å². The van der Waals surface area contributed by atoms with Gasteiger partial charge < -0.3 is 5.32 Å². The summed E-state index contributed by atoms with van der Waals surface area (Å²) in [6.45, 7) is 10.4. The number of aromatic nitrogens is 1. The summed E-state index contributed by atoms with van der Waals surface area (Å²) in [6, 6.07) is 6.85. The summed E-state index contributed by atoms with van der Waals surface area (Å²) in [4.78, 5) is 5.93. The number of hydrogen-bond donors (Lipinski definition) is 1. The third kappa shape index (κ3) is 3.89. The third-order valence-electron chi connectivity index (χ3n) is 3.22. The normalized spacial score (nSPS) is 11.9. The second-order valence-electron chi connectivity index (χ2n) is 6.20. The molecule has 2 rings (SSSR count). The Morgan fingerprint density at radius 1 is 1.24 bits per heavy atom. The second-order valence-corrected chi connectivity index (χ2v) is 7.28. The lowest BCUT2D eigenvalue weighted by Crippen LogP contribution is -2.19. The maximum absolute atomic E-state index is 14.0. The molecule has 2 nitrogen and oxygen atoms in total. The number of nitrogens with zero attached hydrogens (tertiary/aromatic N) is 1. The summed E-state index contributed by atoms with van der Waals surface area (Å²) in [5, 5.41) is 4.19. The smallest absolute Gasteiger partial charge is 0.133 e. The molecule has 0 atom stereocenters. The molecule has 114 valence electrons. The van der Waals surface area contributed by atoms with E-state index in [1.165, 1.54) is 10.9 Å². The summed E-state index contributed by atoms with van der Waals surface area (Å²) in [7, 11) is 0. The van der Waals surface area contributed by atoms with Crippen LogP contribution in [0.3, 0.4) is 0 Å². The van der Waals surface area contributed by atoms with Crippen molar-refractivity contribution in [1.82, 2.24) is 10.3 Å². The van der Waals surface area contributed by atoms with E-state index >= 15 is 0 Å². The van der Waals surface area contributed by atoms with Crippen molar-refractivity contribution < 1.29 is 4.39 Å². The molecule has 0 saturated heterocycles. The molecule has 0 radical (unpaired) electrons. The molecular weight excluding hydrogens is 283 g/mol. The quantitative estimate of drug-likeness (QED) is 0.807. The van der Waals surface area contributed by atoms with Crippen molar-refractivity contribution in [3.05, 3.63) is 40.7 Å². The lowest BCUT2D eigenvalue weighted by atomic mass is 9.91. The first-order valence-corrected chi connectivity index (χ1v) is 8.21. The molecule has 0 saturated carbocycles. The number of hydrogen-bond acceptors (Lipinski definition) is 3. The minimum Gasteiger partial charge on any atom is -0.312 e. The summed E-state index contributed by atoms with van der Waals surface area (Å²) >= 11 is 1.59. The highest BCUT2D eigenvalue weighted by atomic mass is 32.1. The molecule has 0 spiro atoms. The number of halogens is 1. The maximum atomic E-state index is 14.0. The van der Waals surface area contributed by atoms with E-state index in [1.54, 1.807) is 23.5 Å². The standard InChI is InChI=1S/C17H23FN2S/c1-5-10-19-11-14-15(17(2,3)4)20-16(21-14)12-8-6-7-9-13(12)18/h6-9,19H,5,10-11H2,1-4H3. The fraction of sp³-hybridized carbons (Fsp3) is 0.471. The van der Waals surface area contributed by atoms with Crippen LogP contribution in [0.15, 0.2) is 24.3 Å². The Kier molecular flexibility index (Phi) is 5.12. The third-order valence-corrected chi connectivity index (χ3v) is 4.31. The largest absolute Gasteiger partial charge is 0.312 e. The van der Waals surface area contributed by atoms with E-state index in [2.05, 4.69) is 33.0 Å². The SMILES string of the molecule is CCCNCc1sc(-c2ccccc2F)nc1C(C)(C)C. The topological polar surface area (TPSA) is 24.9 Å². The molecule has 4 heteroatoms. The molecule has 1 aromatic heterocycles. The Morgan fingerprint density at radius 3 is 2.57 bits per heavy atom. The van der Waals surface area contributed by atoms with E-state index in [4.69, 9.17) is 4.98 Å². The highest BCUT2D eigenvalue weighted by Gasteiger charge is 2.24. The van der Waals surface area contributed by atoms with Gasteiger partial charge in [0, 0.05) is 22.4 Å². The maximum Gasteiger partial charge on any atom is 0.133 e. The van der Waals surface area contributed by atoms with Gasteiger partial charge in [0.1, 0.15) is 10.8 Å². The Balaban J connectivity index is 2.38. The van der Waals surface area contributed by atoms with Crippen LogP contribution in [0.4, 0.5) is 4.39 Å². The Labute approximate surface area is 130 Å². The van der Waals surface area contributed by atoms with E-state index < -0.39 is 0 Å². The lowest BCUT2D eigenvalue weighted by Gasteiger charge is -2.17. The molecule has 2 aromatic rings. The van der Waals surface area contributed by atoms with E-state index in [-0.39, 0.29) is 11.2 Å². The van der Waals surface area contributed by atoms with Crippen molar-refractivity contribution in [2.45, 2.75) is 46.1 Å². The van der Waals surface area contributed by atoms with E-state index in [1.807, 2.05) is 6.07 Å². The van der Waals surface area contributed by atoms with Crippen LogP contribution in [0.5, 0.6) is 0 Å². The summed E-state index contributed by atoms with van der Waals surface area (Å²) in [6.07, 6.45) is 1.10. The van der Waals surface area contributed by atoms with Crippen LogP contribution in [0, 0.1) is 5.82 Å². The molecule has 0 fully saturated rings. The first-order chi connectivity index (χ1) is 9.93. The van der Waals surface area contributed by atoms with Gasteiger partial charge in [0.2, 0.25) is 0 Å². The molecule has 21 heavy (non-hydrogen) atoms. The van der Waals surface area contributed by atoms with Gasteiger partial charge in [0.15, 0.2) is 0 Å². The minimum absolute atomic E-state index is 0.0385. The average Bonchev–Trinajstić information content (AvgIpc) is 2.83. The Hall–Kier alpha value is -1.26. The molecule has 0 amide bonds. The van der Waals surface area contributed by atoms with Crippen molar-refractivity contribution in [3.63, 3.8) is 0 Å². The van der Waals surface area contributed by atoms with Crippen molar-refractivity contribution in [2.24, 2.45) is 0 Å². The average molecular weight is 306 g/mol. The molecule has 1 heterocycles. The van der Waals surface area contributed by atoms with Crippen LogP contribution in [-0.2, 0) is 12.0 Å². The van der Waals surface area contributed by atoms with Gasteiger partial charge in [-0.05, 0) is 25.1 Å². The fourth-order valence-electron chi connectivity index (χ4n) is 2.19. The number of rotatable bonds is 5. The molecule has 1 aromatic carbocycles. The van der Waals surface area contributed by atoms with E-state index in [0.717, 1.165) is 30.2 Å². The van der Waals surface area contributed by atoms with Crippen molar-refractivity contribution >= 4 is 11.3 Å². The molecule has 0 unspecified atom stereocenters. The van der Waals surface area contributed by atoms with Gasteiger partial charge in [0.05, 0.1) is 5.69 Å². The minimum atomic E-state index is -0.209. The zero-order valence-electron chi connectivity index (χ0n) is 13.2. The van der Waals surface area contributed by atoms with Gasteiger partial charge in [-0.1, -0.05) is 39.8 Å². The molecule has 0 bridgehead atoms. The van der Waals surface area contributed by atoms with Gasteiger partial charge in [-0.2, -0.15) is 0 Å². The van der Waals surface area contributed by atoms with Gasteiger partial charge in [-0.25, -0.2) is 9.37 Å². The summed E-state index contributed by atoms with van der Waals surface area (Å²) in [5.41, 5.74) is 1.62. The number of nitrogens with one attached hydrogen (secondary N) is 1. The molecule has 0 aliphatic heterocycles. The summed E-state index contributed by atoms with van der Waals surface area (Å²) < 4.78 is 14.0. The second kappa shape index (κ2) is 6.67. The highest BCUT2D eigenvalue weighted by molar-refractivity contribution is 7.15. The Morgan fingerprint density at radius 2 is 1.95 bits per heavy atom. The predicted octanol–water partition coefficient (Wildman–Crippen LogP) is 4.75. The molecule has 1 N–H and O–H groups in total. The molecule has 0 aliphatic rings. The van der Waals surface area contributed by atoms with Gasteiger partial charge in [-0.3, -0.25) is 0 Å². The first kappa shape index (κ1) is 16.1. The first-order valence-electron chi connectivity index (χ1n) is 7.39. The van der Waals surface area contributed by atoms with Crippen LogP contribution < -0.4 is 5.32 Å². The van der Waals surface area contributed by atoms with Crippen LogP contribution >= 0.6 is 11.3 Å². The van der Waals surface area contributed by atoms with Crippen LogP contribution in [0.1, 0.15) is 44.7 Å². The van der Waals surface area contributed by atoms with Crippen LogP contribution in [0.2, 0.25) is 0 Å². The fourth-order valence-corrected chi connectivity index (χ4v) is 3.45. The highest BCUT2D eigenvalue weighted by Crippen LogP contribution is 2.35. The lowest BCUT2D eigenvalue weighted by molar-refractivity contribution is 0.559. The van der Waals surface area contributed by atoms with E-state index in [9.17, 15) is 4.39 Å². The number of thiazole rings is 1. The Bertz CT molecular complexity index is 599. The zero-order valence-corrected chi connectivity index (χ0v) is 14.0. The van der Waals surface area contributed by atoms with Crippen molar-refractivity contribution in [3.8, 4) is 10.6 Å². The van der Waals surface area contributed by atoms with E-state index in [0.29, 0.717) is 5.56 Å². The number of benzene rings is 1.